The molecule has 2 amide bonds. The fourth-order valence-corrected chi connectivity index (χ4v) is 4.27. The first-order chi connectivity index (χ1) is 10.2. The molecule has 0 radical (unpaired) electrons. The normalized spacial score (nSPS) is 10.5. The van der Waals surface area contributed by atoms with Crippen LogP contribution in [0.15, 0.2) is 13.4 Å². The van der Waals surface area contributed by atoms with Crippen LogP contribution in [0.25, 0.3) is 0 Å². The van der Waals surface area contributed by atoms with Gasteiger partial charge in [0.2, 0.25) is 0 Å². The Hall–Kier alpha value is -0.680. The second-order valence-corrected chi connectivity index (χ2v) is 6.53. The molecule has 0 fully saturated rings. The highest BCUT2D eigenvalue weighted by atomic mass is 79.9. The van der Waals surface area contributed by atoms with E-state index < -0.39 is 11.8 Å². The van der Waals surface area contributed by atoms with Crippen LogP contribution < -0.4 is 5.73 Å². The third-order valence-electron chi connectivity index (χ3n) is 2.85. The molecule has 122 valence electrons. The van der Waals surface area contributed by atoms with Crippen LogP contribution in [0, 0.1) is 0 Å². The van der Waals surface area contributed by atoms with E-state index in [1.165, 1.54) is 0 Å². The smallest absolute Gasteiger partial charge is 0.279 e. The summed E-state index contributed by atoms with van der Waals surface area (Å²) >= 11 is 9.55. The predicted octanol–water partition coefficient (Wildman–Crippen LogP) is 3.26. The molecule has 0 aromatic heterocycles. The summed E-state index contributed by atoms with van der Waals surface area (Å²) in [5.74, 6) is -1.48. The van der Waals surface area contributed by atoms with Crippen LogP contribution in [0.1, 0.15) is 34.6 Å². The van der Waals surface area contributed by atoms with Gasteiger partial charge in [0.15, 0.2) is 0 Å². The first kappa shape index (κ1) is 19.4. The number of nitrogen functional groups attached to an aromatic ring is 1. The molecule has 0 saturated heterocycles. The number of anilines is 1. The largest absolute Gasteiger partial charge is 0.397 e. The topological polar surface area (TPSA) is 107 Å². The van der Waals surface area contributed by atoms with Gasteiger partial charge in [0.25, 0.3) is 11.8 Å². The lowest BCUT2D eigenvalue weighted by Gasteiger charge is -2.21. The van der Waals surface area contributed by atoms with Gasteiger partial charge in [-0.05, 0) is 61.6 Å². The van der Waals surface area contributed by atoms with E-state index in [1.807, 2.05) is 0 Å². The summed E-state index contributed by atoms with van der Waals surface area (Å²) in [6.45, 7) is 3.27. The van der Waals surface area contributed by atoms with Gasteiger partial charge in [-0.1, -0.05) is 0 Å². The van der Waals surface area contributed by atoms with E-state index in [0.29, 0.717) is 10.1 Å². The number of benzene rings is 1. The molecule has 0 unspecified atom stereocenters. The van der Waals surface area contributed by atoms with Crippen molar-refractivity contribution in [1.82, 2.24) is 10.1 Å². The first-order valence-electron chi connectivity index (χ1n) is 6.16. The van der Waals surface area contributed by atoms with Crippen LogP contribution in [0.3, 0.4) is 0 Å². The minimum atomic E-state index is -0.740. The Labute approximate surface area is 152 Å². The van der Waals surface area contributed by atoms with Crippen LogP contribution in [0.2, 0.25) is 0 Å². The summed E-state index contributed by atoms with van der Waals surface area (Å²) < 4.78 is 0.554. The Morgan fingerprint density at radius 1 is 0.909 bits per heavy atom. The molecule has 0 atom stereocenters. The Morgan fingerprint density at radius 3 is 1.50 bits per heavy atom. The maximum absolute atomic E-state index is 12.3. The molecule has 4 N–H and O–H groups in total. The molecule has 1 aromatic carbocycles. The molecule has 0 aliphatic carbocycles. The second kappa shape index (κ2) is 7.73. The van der Waals surface area contributed by atoms with Crippen LogP contribution >= 0.6 is 47.8 Å². The van der Waals surface area contributed by atoms with Crippen LogP contribution in [-0.2, 0) is 0 Å². The Kier molecular flexibility index (Phi) is 6.81. The van der Waals surface area contributed by atoms with Crippen molar-refractivity contribution in [2.45, 2.75) is 13.8 Å². The van der Waals surface area contributed by atoms with E-state index in [1.54, 1.807) is 13.8 Å². The lowest BCUT2D eigenvalue weighted by atomic mass is 10.1. The van der Waals surface area contributed by atoms with Crippen molar-refractivity contribution >= 4 is 65.3 Å². The SMILES string of the molecule is CCN(O)C(=O)c1c(Br)c(N)c(Br)c(C(=O)N(O)CC)c1Br. The zero-order valence-corrected chi connectivity index (χ0v) is 16.5. The van der Waals surface area contributed by atoms with Gasteiger partial charge in [0, 0.05) is 17.6 Å². The molecule has 0 spiro atoms. The number of hydrogen-bond acceptors (Lipinski definition) is 5. The Balaban J connectivity index is 3.65. The standard InChI is InChI=1S/C12H14Br3N3O4/c1-3-17(21)11(19)5-7(13)6(12(20)18(22)4-2)9(15)10(16)8(5)14/h21-22H,3-4,16H2,1-2H3. The van der Waals surface area contributed by atoms with E-state index in [2.05, 4.69) is 47.8 Å². The molecular formula is C12H14Br3N3O4. The minimum absolute atomic E-state index is 0.0158. The zero-order chi connectivity index (χ0) is 17.2. The van der Waals surface area contributed by atoms with E-state index in [0.717, 1.165) is 0 Å². The zero-order valence-electron chi connectivity index (χ0n) is 11.7. The monoisotopic (exact) mass is 501 g/mol. The van der Waals surface area contributed by atoms with Crippen molar-refractivity contribution < 1.29 is 20.0 Å². The molecular weight excluding hydrogens is 490 g/mol. The van der Waals surface area contributed by atoms with Crippen molar-refractivity contribution in [3.8, 4) is 0 Å². The maximum Gasteiger partial charge on any atom is 0.279 e. The number of nitrogens with two attached hydrogens (primary N) is 1. The van der Waals surface area contributed by atoms with Gasteiger partial charge >= 0.3 is 0 Å². The van der Waals surface area contributed by atoms with E-state index in [9.17, 15) is 20.0 Å². The molecule has 0 aliphatic rings. The van der Waals surface area contributed by atoms with E-state index in [-0.39, 0.29) is 43.3 Å². The lowest BCUT2D eigenvalue weighted by molar-refractivity contribution is -0.0550. The number of halogens is 3. The van der Waals surface area contributed by atoms with E-state index in [4.69, 9.17) is 5.73 Å². The minimum Gasteiger partial charge on any atom is -0.397 e. The molecule has 1 aromatic rings. The fraction of sp³-hybridized carbons (Fsp3) is 0.333. The molecule has 1 rings (SSSR count). The number of nitrogens with zero attached hydrogens (tertiary/aromatic N) is 2. The highest BCUT2D eigenvalue weighted by molar-refractivity contribution is 9.11. The highest BCUT2D eigenvalue weighted by Gasteiger charge is 2.30. The summed E-state index contributed by atoms with van der Waals surface area (Å²) in [7, 11) is 0. The summed E-state index contributed by atoms with van der Waals surface area (Å²) in [6, 6.07) is 0. The van der Waals surface area contributed by atoms with Crippen molar-refractivity contribution in [3.63, 3.8) is 0 Å². The molecule has 0 saturated carbocycles. The van der Waals surface area contributed by atoms with Gasteiger partial charge in [0.1, 0.15) is 0 Å². The lowest BCUT2D eigenvalue weighted by Crippen LogP contribution is -2.31. The average Bonchev–Trinajstić information content (AvgIpc) is 2.50. The summed E-state index contributed by atoms with van der Waals surface area (Å²) in [4.78, 5) is 24.5. The van der Waals surface area contributed by atoms with Crippen LogP contribution in [-0.4, -0.2) is 45.4 Å². The third-order valence-corrected chi connectivity index (χ3v) is 5.29. The molecule has 0 aliphatic heterocycles. The predicted molar refractivity (Wildman–Crippen MR) is 90.9 cm³/mol. The van der Waals surface area contributed by atoms with Crippen molar-refractivity contribution in [2.24, 2.45) is 0 Å². The van der Waals surface area contributed by atoms with Crippen molar-refractivity contribution in [2.75, 3.05) is 18.8 Å². The maximum atomic E-state index is 12.3. The molecule has 0 bridgehead atoms. The summed E-state index contributed by atoms with van der Waals surface area (Å²) in [5.41, 5.74) is 5.96. The third kappa shape index (κ3) is 3.46. The van der Waals surface area contributed by atoms with Gasteiger partial charge in [-0.3, -0.25) is 20.0 Å². The van der Waals surface area contributed by atoms with Gasteiger partial charge < -0.3 is 5.73 Å². The van der Waals surface area contributed by atoms with Gasteiger partial charge in [0.05, 0.1) is 25.8 Å². The number of amides is 2. The van der Waals surface area contributed by atoms with Crippen molar-refractivity contribution in [1.29, 1.82) is 0 Å². The Bertz CT molecular complexity index is 575. The summed E-state index contributed by atoms with van der Waals surface area (Å²) in [6.07, 6.45) is 0. The molecule has 0 heterocycles. The summed E-state index contributed by atoms with van der Waals surface area (Å²) in [5, 5.41) is 20.2. The van der Waals surface area contributed by atoms with E-state index >= 15 is 0 Å². The molecule has 10 heteroatoms. The van der Waals surface area contributed by atoms with Crippen LogP contribution in [0.5, 0.6) is 0 Å². The molecule has 7 nitrogen and oxygen atoms in total. The number of carbonyl (C=O) groups is 2. The van der Waals surface area contributed by atoms with Crippen molar-refractivity contribution in [3.05, 3.63) is 24.5 Å². The average molecular weight is 504 g/mol. The number of rotatable bonds is 4. The fourth-order valence-electron chi connectivity index (χ4n) is 1.60. The van der Waals surface area contributed by atoms with Gasteiger partial charge in [-0.15, -0.1) is 0 Å². The highest BCUT2D eigenvalue weighted by Crippen LogP contribution is 2.41. The molecule has 22 heavy (non-hydrogen) atoms. The number of carbonyl (C=O) groups excluding carboxylic acids is 2. The van der Waals surface area contributed by atoms with Crippen LogP contribution in [0.4, 0.5) is 5.69 Å². The van der Waals surface area contributed by atoms with Gasteiger partial charge in [-0.2, -0.15) is 0 Å². The van der Waals surface area contributed by atoms with Gasteiger partial charge in [-0.25, -0.2) is 10.1 Å². The second-order valence-electron chi connectivity index (χ2n) is 4.15. The first-order valence-corrected chi connectivity index (χ1v) is 8.54. The number of hydrogen-bond donors (Lipinski definition) is 3. The Morgan fingerprint density at radius 2 is 1.23 bits per heavy atom. The number of hydroxylamine groups is 4. The quantitative estimate of drug-likeness (QED) is 0.332.